The van der Waals surface area contributed by atoms with Gasteiger partial charge in [0.15, 0.2) is 0 Å². The van der Waals surface area contributed by atoms with Gasteiger partial charge in [-0.2, -0.15) is 0 Å². The number of para-hydroxylation sites is 2. The first-order valence-electron chi connectivity index (χ1n) is 19.2. The van der Waals surface area contributed by atoms with E-state index in [4.69, 9.17) is 4.42 Å². The summed E-state index contributed by atoms with van der Waals surface area (Å²) >= 11 is 0. The number of aromatic nitrogens is 1. The van der Waals surface area contributed by atoms with Gasteiger partial charge in [0.05, 0.1) is 11.0 Å². The predicted octanol–water partition coefficient (Wildman–Crippen LogP) is 15.0. The van der Waals surface area contributed by atoms with E-state index in [9.17, 15) is 0 Å². The van der Waals surface area contributed by atoms with Crippen LogP contribution in [-0.4, -0.2) is 4.57 Å². The first-order chi connectivity index (χ1) is 27.7. The van der Waals surface area contributed by atoms with Crippen LogP contribution < -0.4 is 0 Å². The molecule has 0 N–H and O–H groups in total. The summed E-state index contributed by atoms with van der Waals surface area (Å²) in [6.45, 7) is 0. The third kappa shape index (κ3) is 5.42. The van der Waals surface area contributed by atoms with E-state index in [1.165, 1.54) is 66.3 Å². The van der Waals surface area contributed by atoms with Crippen LogP contribution in [0.3, 0.4) is 0 Å². The van der Waals surface area contributed by atoms with Crippen LogP contribution in [0.15, 0.2) is 217 Å². The van der Waals surface area contributed by atoms with Gasteiger partial charge < -0.3 is 8.98 Å². The highest BCUT2D eigenvalue weighted by Crippen LogP contribution is 2.39. The van der Waals surface area contributed by atoms with Gasteiger partial charge in [0, 0.05) is 32.8 Å². The molecule has 0 saturated heterocycles. The molecule has 0 unspecified atom stereocenters. The molecule has 0 bridgehead atoms. The fourth-order valence-electron chi connectivity index (χ4n) is 8.42. The van der Waals surface area contributed by atoms with Gasteiger partial charge >= 0.3 is 0 Å². The topological polar surface area (TPSA) is 18.1 Å². The number of hydrogen-bond donors (Lipinski definition) is 0. The molecule has 0 fully saturated rings. The van der Waals surface area contributed by atoms with Gasteiger partial charge in [-0.15, -0.1) is 0 Å². The molecule has 11 rings (SSSR count). The van der Waals surface area contributed by atoms with Gasteiger partial charge in [0.25, 0.3) is 0 Å². The van der Waals surface area contributed by atoms with Gasteiger partial charge in [-0.3, -0.25) is 0 Å². The largest absolute Gasteiger partial charge is 0.455 e. The lowest BCUT2D eigenvalue weighted by Gasteiger charge is -2.12. The van der Waals surface area contributed by atoms with Crippen molar-refractivity contribution in [2.24, 2.45) is 0 Å². The average Bonchev–Trinajstić information content (AvgIpc) is 3.82. The molecule has 2 heterocycles. The Kier molecular flexibility index (Phi) is 7.53. The zero-order chi connectivity index (χ0) is 37.0. The van der Waals surface area contributed by atoms with Crippen LogP contribution in [-0.2, 0) is 0 Å². The van der Waals surface area contributed by atoms with E-state index in [1.807, 2.05) is 12.1 Å². The van der Waals surface area contributed by atoms with E-state index in [-0.39, 0.29) is 0 Å². The van der Waals surface area contributed by atoms with Crippen molar-refractivity contribution in [1.82, 2.24) is 4.57 Å². The van der Waals surface area contributed by atoms with Crippen molar-refractivity contribution in [2.45, 2.75) is 0 Å². The maximum atomic E-state index is 6.34. The lowest BCUT2D eigenvalue weighted by molar-refractivity contribution is 0.670. The molecule has 2 aromatic heterocycles. The van der Waals surface area contributed by atoms with E-state index in [1.54, 1.807) is 0 Å². The van der Waals surface area contributed by atoms with Gasteiger partial charge in [-0.1, -0.05) is 176 Å². The Morgan fingerprint density at radius 2 is 0.732 bits per heavy atom. The first kappa shape index (κ1) is 32.0. The Hall–Kier alpha value is -7.42. The fraction of sp³-hybridized carbons (Fsp3) is 0. The zero-order valence-electron chi connectivity index (χ0n) is 30.6. The lowest BCUT2D eigenvalue weighted by Crippen LogP contribution is -1.94. The van der Waals surface area contributed by atoms with Crippen molar-refractivity contribution in [3.8, 4) is 61.3 Å². The number of benzene rings is 9. The fourth-order valence-corrected chi connectivity index (χ4v) is 8.42. The number of rotatable bonds is 6. The smallest absolute Gasteiger partial charge is 0.143 e. The second kappa shape index (κ2) is 13.2. The third-order valence-corrected chi connectivity index (χ3v) is 11.2. The summed E-state index contributed by atoms with van der Waals surface area (Å²) in [4.78, 5) is 0. The van der Waals surface area contributed by atoms with Gasteiger partial charge in [0.1, 0.15) is 11.2 Å². The Labute approximate surface area is 325 Å². The summed E-state index contributed by atoms with van der Waals surface area (Å²) in [5.41, 5.74) is 17.2. The standard InChI is InChI=1S/C54H35NO/c1-3-11-36(12-4-1)43-27-31-47-48-32-28-44(37-13-5-2-6-14-37)35-52(48)55(51(47)34-43)45-29-25-39(26-30-45)42-16-9-15-41(33-42)38-21-23-40(24-22-38)46-18-10-19-50-49-17-7-8-20-53(49)56-54(46)50/h1-35H. The second-order valence-corrected chi connectivity index (χ2v) is 14.5. The Morgan fingerprint density at radius 3 is 1.36 bits per heavy atom. The highest BCUT2D eigenvalue weighted by molar-refractivity contribution is 6.11. The molecule has 56 heavy (non-hydrogen) atoms. The predicted molar refractivity (Wildman–Crippen MR) is 235 cm³/mol. The summed E-state index contributed by atoms with van der Waals surface area (Å²) < 4.78 is 8.76. The van der Waals surface area contributed by atoms with Crippen LogP contribution in [0.2, 0.25) is 0 Å². The number of nitrogens with zero attached hydrogens (tertiary/aromatic N) is 1. The van der Waals surface area contributed by atoms with E-state index in [2.05, 4.69) is 205 Å². The number of furan rings is 1. The molecule has 2 nitrogen and oxygen atoms in total. The van der Waals surface area contributed by atoms with Crippen LogP contribution in [0.25, 0.3) is 105 Å². The minimum atomic E-state index is 0.917. The van der Waals surface area contributed by atoms with Crippen molar-refractivity contribution in [2.75, 3.05) is 0 Å². The van der Waals surface area contributed by atoms with E-state index >= 15 is 0 Å². The van der Waals surface area contributed by atoms with Crippen molar-refractivity contribution in [1.29, 1.82) is 0 Å². The van der Waals surface area contributed by atoms with Crippen LogP contribution in [0.1, 0.15) is 0 Å². The lowest BCUT2D eigenvalue weighted by atomic mass is 9.96. The van der Waals surface area contributed by atoms with Crippen molar-refractivity contribution < 1.29 is 4.42 Å². The molecule has 0 saturated carbocycles. The molecule has 2 heteroatoms. The second-order valence-electron chi connectivity index (χ2n) is 14.5. The molecule has 0 aliphatic carbocycles. The molecule has 0 aliphatic heterocycles. The van der Waals surface area contributed by atoms with Crippen LogP contribution in [0.4, 0.5) is 0 Å². The Bertz CT molecular complexity index is 3110. The van der Waals surface area contributed by atoms with E-state index in [0.717, 1.165) is 38.8 Å². The van der Waals surface area contributed by atoms with E-state index < -0.39 is 0 Å². The summed E-state index contributed by atoms with van der Waals surface area (Å²) in [7, 11) is 0. The monoisotopic (exact) mass is 713 g/mol. The van der Waals surface area contributed by atoms with Gasteiger partial charge in [-0.05, 0) is 86.5 Å². The molecule has 11 aromatic rings. The SMILES string of the molecule is c1ccc(-c2ccc3c4ccc(-c5ccccc5)cc4n(-c4ccc(-c5cccc(-c6ccc(-c7cccc8c7oc7ccccc78)cc6)c5)cc4)c3c2)cc1. The molecule has 262 valence electrons. The van der Waals surface area contributed by atoms with Crippen LogP contribution in [0, 0.1) is 0 Å². The summed E-state index contributed by atoms with van der Waals surface area (Å²) in [5.74, 6) is 0. The molecule has 0 radical (unpaired) electrons. The highest BCUT2D eigenvalue weighted by Gasteiger charge is 2.16. The van der Waals surface area contributed by atoms with Crippen molar-refractivity contribution in [3.63, 3.8) is 0 Å². The van der Waals surface area contributed by atoms with Gasteiger partial charge in [-0.25, -0.2) is 0 Å². The number of fused-ring (bicyclic) bond motifs is 6. The minimum absolute atomic E-state index is 0.917. The normalized spacial score (nSPS) is 11.6. The quantitative estimate of drug-likeness (QED) is 0.168. The Morgan fingerprint density at radius 1 is 0.286 bits per heavy atom. The molecule has 0 amide bonds. The minimum Gasteiger partial charge on any atom is -0.455 e. The molecule has 0 atom stereocenters. The van der Waals surface area contributed by atoms with E-state index in [0.29, 0.717) is 0 Å². The van der Waals surface area contributed by atoms with Crippen molar-refractivity contribution >= 4 is 43.7 Å². The first-order valence-corrected chi connectivity index (χ1v) is 19.2. The maximum Gasteiger partial charge on any atom is 0.143 e. The Balaban J connectivity index is 0.957. The zero-order valence-corrected chi connectivity index (χ0v) is 30.6. The molecular weight excluding hydrogens is 679 g/mol. The van der Waals surface area contributed by atoms with Crippen LogP contribution in [0.5, 0.6) is 0 Å². The van der Waals surface area contributed by atoms with Crippen LogP contribution >= 0.6 is 0 Å². The summed E-state index contributed by atoms with van der Waals surface area (Å²) in [5, 5.41) is 4.79. The molecule has 9 aromatic carbocycles. The molecule has 0 aliphatic rings. The molecular formula is C54H35NO. The summed E-state index contributed by atoms with van der Waals surface area (Å²) in [6, 6.07) is 76.4. The van der Waals surface area contributed by atoms with Crippen molar-refractivity contribution in [3.05, 3.63) is 212 Å². The maximum absolute atomic E-state index is 6.34. The summed E-state index contributed by atoms with van der Waals surface area (Å²) in [6.07, 6.45) is 0. The highest BCUT2D eigenvalue weighted by atomic mass is 16.3. The average molecular weight is 714 g/mol. The third-order valence-electron chi connectivity index (χ3n) is 11.2. The molecule has 0 spiro atoms. The van der Waals surface area contributed by atoms with Gasteiger partial charge in [0.2, 0.25) is 0 Å². The number of hydrogen-bond acceptors (Lipinski definition) is 1.